The first-order valence-electron chi connectivity index (χ1n) is 7.65. The molecule has 0 atom stereocenters. The lowest BCUT2D eigenvalue weighted by Gasteiger charge is -2.10. The summed E-state index contributed by atoms with van der Waals surface area (Å²) in [6.07, 6.45) is 0.726. The highest BCUT2D eigenvalue weighted by atomic mass is 35.5. The standard InChI is InChI=1S/C18H21ClN2O3/c1-24-15-4-2-3-13(9-15)7-8-20-18(23)11-21-17-10-14(12-22)5-6-16(17)19/h2-6,9-10,21-22H,7-8,11-12H2,1H3,(H,20,23). The van der Waals surface area contributed by atoms with Gasteiger partial charge in [0.25, 0.3) is 0 Å². The molecule has 128 valence electrons. The van der Waals surface area contributed by atoms with E-state index in [1.165, 1.54) is 0 Å². The molecule has 2 aromatic rings. The molecule has 3 N–H and O–H groups in total. The maximum atomic E-state index is 11.9. The van der Waals surface area contributed by atoms with Crippen molar-refractivity contribution in [3.63, 3.8) is 0 Å². The molecular formula is C18H21ClN2O3. The molecule has 0 aliphatic rings. The highest BCUT2D eigenvalue weighted by Crippen LogP contribution is 2.22. The number of benzene rings is 2. The summed E-state index contributed by atoms with van der Waals surface area (Å²) < 4.78 is 5.17. The van der Waals surface area contributed by atoms with Crippen LogP contribution in [0.2, 0.25) is 5.02 Å². The Hall–Kier alpha value is -2.24. The molecule has 0 aliphatic heterocycles. The zero-order valence-electron chi connectivity index (χ0n) is 13.5. The molecule has 0 saturated carbocycles. The molecule has 6 heteroatoms. The predicted octanol–water partition coefficient (Wildman–Crippen LogP) is 2.61. The normalized spacial score (nSPS) is 10.3. The van der Waals surface area contributed by atoms with Crippen molar-refractivity contribution in [3.05, 3.63) is 58.6 Å². The monoisotopic (exact) mass is 348 g/mol. The Labute approximate surface area is 146 Å². The largest absolute Gasteiger partial charge is 0.497 e. The summed E-state index contributed by atoms with van der Waals surface area (Å²) in [5.41, 5.74) is 2.47. The molecule has 0 saturated heterocycles. The van der Waals surface area contributed by atoms with Gasteiger partial charge in [0.05, 0.1) is 31.0 Å². The van der Waals surface area contributed by atoms with Crippen LogP contribution >= 0.6 is 11.6 Å². The second-order valence-electron chi connectivity index (χ2n) is 5.28. The zero-order chi connectivity index (χ0) is 17.4. The average molecular weight is 349 g/mol. The lowest BCUT2D eigenvalue weighted by molar-refractivity contribution is -0.119. The van der Waals surface area contributed by atoms with Crippen molar-refractivity contribution in [2.24, 2.45) is 0 Å². The predicted molar refractivity (Wildman–Crippen MR) is 95.6 cm³/mol. The van der Waals surface area contributed by atoms with Gasteiger partial charge in [-0.25, -0.2) is 0 Å². The van der Waals surface area contributed by atoms with Crippen LogP contribution in [0.1, 0.15) is 11.1 Å². The Morgan fingerprint density at radius 1 is 1.21 bits per heavy atom. The highest BCUT2D eigenvalue weighted by molar-refractivity contribution is 6.33. The quantitative estimate of drug-likeness (QED) is 0.686. The van der Waals surface area contributed by atoms with Gasteiger partial charge in [-0.1, -0.05) is 29.8 Å². The highest BCUT2D eigenvalue weighted by Gasteiger charge is 2.05. The SMILES string of the molecule is COc1cccc(CCNC(=O)CNc2cc(CO)ccc2Cl)c1. The first kappa shape index (κ1) is 18.1. The van der Waals surface area contributed by atoms with Crippen LogP contribution in [-0.4, -0.2) is 31.2 Å². The molecular weight excluding hydrogens is 328 g/mol. The average Bonchev–Trinajstić information content (AvgIpc) is 2.61. The van der Waals surface area contributed by atoms with Gasteiger partial charge in [0.2, 0.25) is 5.91 Å². The van der Waals surface area contributed by atoms with Crippen LogP contribution in [0.3, 0.4) is 0 Å². The van der Waals surface area contributed by atoms with Crippen LogP contribution < -0.4 is 15.4 Å². The molecule has 0 fully saturated rings. The lowest BCUT2D eigenvalue weighted by Crippen LogP contribution is -2.31. The zero-order valence-corrected chi connectivity index (χ0v) is 14.3. The van der Waals surface area contributed by atoms with Crippen LogP contribution in [0, 0.1) is 0 Å². The Kier molecular flexibility index (Phi) is 6.90. The number of carbonyl (C=O) groups is 1. The van der Waals surface area contributed by atoms with Crippen molar-refractivity contribution in [1.29, 1.82) is 0 Å². The molecule has 1 amide bonds. The minimum absolute atomic E-state index is 0.0708. The van der Waals surface area contributed by atoms with Crippen molar-refractivity contribution >= 4 is 23.2 Å². The number of hydrogen-bond acceptors (Lipinski definition) is 4. The molecule has 2 rings (SSSR count). The topological polar surface area (TPSA) is 70.6 Å². The molecule has 0 bridgehead atoms. The molecule has 0 aromatic heterocycles. The number of aliphatic hydroxyl groups excluding tert-OH is 1. The molecule has 24 heavy (non-hydrogen) atoms. The second-order valence-corrected chi connectivity index (χ2v) is 5.68. The Morgan fingerprint density at radius 2 is 2.04 bits per heavy atom. The van der Waals surface area contributed by atoms with E-state index < -0.39 is 0 Å². The van der Waals surface area contributed by atoms with Crippen molar-refractivity contribution < 1.29 is 14.6 Å². The van der Waals surface area contributed by atoms with Crippen LogP contribution in [0.15, 0.2) is 42.5 Å². The van der Waals surface area contributed by atoms with E-state index in [9.17, 15) is 4.79 Å². The minimum atomic E-state index is -0.122. The summed E-state index contributed by atoms with van der Waals surface area (Å²) >= 11 is 6.06. The summed E-state index contributed by atoms with van der Waals surface area (Å²) in [6.45, 7) is 0.587. The molecule has 0 radical (unpaired) electrons. The van der Waals surface area contributed by atoms with E-state index >= 15 is 0 Å². The molecule has 0 unspecified atom stereocenters. The van der Waals surface area contributed by atoms with Crippen molar-refractivity contribution in [3.8, 4) is 5.75 Å². The molecule has 0 aliphatic carbocycles. The van der Waals surface area contributed by atoms with E-state index in [-0.39, 0.29) is 19.1 Å². The number of carbonyl (C=O) groups excluding carboxylic acids is 1. The van der Waals surface area contributed by atoms with E-state index in [4.69, 9.17) is 21.4 Å². The number of nitrogens with one attached hydrogen (secondary N) is 2. The van der Waals surface area contributed by atoms with Crippen molar-refractivity contribution in [2.45, 2.75) is 13.0 Å². The number of amides is 1. The maximum Gasteiger partial charge on any atom is 0.239 e. The van der Waals surface area contributed by atoms with Gasteiger partial charge in [0, 0.05) is 6.54 Å². The van der Waals surface area contributed by atoms with Gasteiger partial charge in [-0.15, -0.1) is 0 Å². The van der Waals surface area contributed by atoms with E-state index in [1.807, 2.05) is 24.3 Å². The third kappa shape index (κ3) is 5.44. The van der Waals surface area contributed by atoms with Crippen LogP contribution in [0.4, 0.5) is 5.69 Å². The van der Waals surface area contributed by atoms with Gasteiger partial charge >= 0.3 is 0 Å². The molecule has 2 aromatic carbocycles. The minimum Gasteiger partial charge on any atom is -0.497 e. The summed E-state index contributed by atoms with van der Waals surface area (Å²) in [5, 5.41) is 15.5. The van der Waals surface area contributed by atoms with Crippen LogP contribution in [0.25, 0.3) is 0 Å². The number of hydrogen-bond donors (Lipinski definition) is 3. The molecule has 0 spiro atoms. The number of ether oxygens (including phenoxy) is 1. The smallest absolute Gasteiger partial charge is 0.239 e. The Balaban J connectivity index is 1.77. The number of anilines is 1. The van der Waals surface area contributed by atoms with Gasteiger partial charge < -0.3 is 20.5 Å². The second kappa shape index (κ2) is 9.15. The van der Waals surface area contributed by atoms with Gasteiger partial charge in [0.15, 0.2) is 0 Å². The van der Waals surface area contributed by atoms with Gasteiger partial charge in [-0.2, -0.15) is 0 Å². The molecule has 0 heterocycles. The number of halogens is 1. The van der Waals surface area contributed by atoms with E-state index in [0.717, 1.165) is 23.3 Å². The van der Waals surface area contributed by atoms with Gasteiger partial charge in [-0.3, -0.25) is 4.79 Å². The Bertz CT molecular complexity index is 692. The fourth-order valence-electron chi connectivity index (χ4n) is 2.22. The lowest BCUT2D eigenvalue weighted by atomic mass is 10.1. The van der Waals surface area contributed by atoms with Crippen molar-refractivity contribution in [1.82, 2.24) is 5.32 Å². The van der Waals surface area contributed by atoms with Crippen molar-refractivity contribution in [2.75, 3.05) is 25.5 Å². The first-order chi connectivity index (χ1) is 11.6. The fraction of sp³-hybridized carbons (Fsp3) is 0.278. The van der Waals surface area contributed by atoms with Gasteiger partial charge in [-0.05, 0) is 41.8 Å². The fourth-order valence-corrected chi connectivity index (χ4v) is 2.40. The van der Waals surface area contributed by atoms with E-state index in [0.29, 0.717) is 17.3 Å². The third-order valence-corrected chi connectivity index (χ3v) is 3.85. The van der Waals surface area contributed by atoms with Crippen LogP contribution in [0.5, 0.6) is 5.75 Å². The Morgan fingerprint density at radius 3 is 2.79 bits per heavy atom. The number of aliphatic hydroxyl groups is 1. The summed E-state index contributed by atoms with van der Waals surface area (Å²) in [5.74, 6) is 0.683. The summed E-state index contributed by atoms with van der Waals surface area (Å²) in [6, 6.07) is 12.9. The van der Waals surface area contributed by atoms with E-state index in [1.54, 1.807) is 25.3 Å². The maximum absolute atomic E-state index is 11.9. The number of rotatable bonds is 8. The summed E-state index contributed by atoms with van der Waals surface area (Å²) in [7, 11) is 1.63. The third-order valence-electron chi connectivity index (χ3n) is 3.52. The first-order valence-corrected chi connectivity index (χ1v) is 8.03. The number of methoxy groups -OCH3 is 1. The molecule has 5 nitrogen and oxygen atoms in total. The van der Waals surface area contributed by atoms with Crippen LogP contribution in [-0.2, 0) is 17.8 Å². The van der Waals surface area contributed by atoms with Gasteiger partial charge in [0.1, 0.15) is 5.75 Å². The summed E-state index contributed by atoms with van der Waals surface area (Å²) in [4.78, 5) is 11.9. The van der Waals surface area contributed by atoms with E-state index in [2.05, 4.69) is 10.6 Å².